The minimum absolute atomic E-state index is 0.00610. The first kappa shape index (κ1) is 95.9. The molecule has 0 bridgehead atoms. The van der Waals surface area contributed by atoms with Crippen LogP contribution in [0.5, 0.6) is 5.75 Å². The lowest BCUT2D eigenvalue weighted by Crippen LogP contribution is -2.59. The predicted octanol–water partition coefficient (Wildman–Crippen LogP) is -2.29. The third kappa shape index (κ3) is 33.2. The highest BCUT2D eigenvalue weighted by molar-refractivity contribution is 6.01. The molecular weight excluding hydrogens is 1590 g/mol. The van der Waals surface area contributed by atoms with Crippen molar-refractivity contribution in [3.63, 3.8) is 0 Å². The van der Waals surface area contributed by atoms with E-state index in [-0.39, 0.29) is 141 Å². The molecule has 1 saturated heterocycles. The molecule has 1 fully saturated rings. The van der Waals surface area contributed by atoms with Gasteiger partial charge in [0.15, 0.2) is 0 Å². The summed E-state index contributed by atoms with van der Waals surface area (Å²) in [6.45, 7) is 5.59. The summed E-state index contributed by atoms with van der Waals surface area (Å²) in [5, 5.41) is 68.6. The number of anilines is 1. The fraction of sp³-hybridized carbons (Fsp3) is 0.451. The van der Waals surface area contributed by atoms with E-state index in [1.54, 1.807) is 94.2 Å². The molecule has 21 N–H and O–H groups in total. The Balaban J connectivity index is 0.986. The maximum Gasteiger partial charge on any atom is 0.317 e. The Labute approximate surface area is 703 Å². The number of nitrogens with zero attached hydrogens (tertiary/aromatic N) is 5. The molecule has 0 spiro atoms. The van der Waals surface area contributed by atoms with Crippen LogP contribution in [0.4, 0.5) is 5.69 Å². The van der Waals surface area contributed by atoms with Gasteiger partial charge in [-0.05, 0) is 84.8 Å². The number of para-hydroxylation sites is 1. The van der Waals surface area contributed by atoms with E-state index in [0.29, 0.717) is 39.7 Å². The van der Waals surface area contributed by atoms with E-state index in [2.05, 4.69) is 73.4 Å². The van der Waals surface area contributed by atoms with Gasteiger partial charge < -0.3 is 100 Å². The number of carboxylic acids is 3. The molecule has 1 aliphatic rings. The number of carbonyl (C=O) groups excluding carboxylic acids is 13. The van der Waals surface area contributed by atoms with Crippen molar-refractivity contribution < 1.29 is 97.1 Å². The normalized spacial score (nSPS) is 15.1. The maximum atomic E-state index is 14.8. The Bertz CT molecular complexity index is 4540. The number of aromatic hydroxyl groups is 1. The number of hydrogen-bond acceptors (Lipinski definition) is 22. The smallest absolute Gasteiger partial charge is 0.317 e. The van der Waals surface area contributed by atoms with E-state index in [0.717, 1.165) is 6.42 Å². The first-order valence-electron chi connectivity index (χ1n) is 40.0. The molecule has 3 heterocycles. The number of nitrogens with two attached hydrogens (primary N) is 2. The summed E-state index contributed by atoms with van der Waals surface area (Å²) in [5.41, 5.74) is 14.0. The van der Waals surface area contributed by atoms with Crippen molar-refractivity contribution in [3.8, 4) is 5.75 Å². The molecule has 8 atom stereocenters. The number of hydrogen-bond donors (Lipinski definition) is 19. The fourth-order valence-corrected chi connectivity index (χ4v) is 13.3. The Morgan fingerprint density at radius 3 is 1.52 bits per heavy atom. The lowest BCUT2D eigenvalue weighted by Gasteiger charge is -2.32. The molecule has 40 nitrogen and oxygen atoms in total. The number of aliphatic carboxylic acids is 3. The van der Waals surface area contributed by atoms with Gasteiger partial charge in [-0.15, -0.1) is 0 Å². The first-order chi connectivity index (χ1) is 58.2. The number of rotatable bonds is 46. The summed E-state index contributed by atoms with van der Waals surface area (Å²) in [5.74, 6) is -14.4. The van der Waals surface area contributed by atoms with Gasteiger partial charge in [-0.1, -0.05) is 94.3 Å². The predicted molar refractivity (Wildman–Crippen MR) is 443 cm³/mol. The maximum absolute atomic E-state index is 14.8. The Morgan fingerprint density at radius 2 is 0.984 bits per heavy atom. The van der Waals surface area contributed by atoms with Crippen molar-refractivity contribution in [2.45, 2.75) is 140 Å². The van der Waals surface area contributed by atoms with Crippen molar-refractivity contribution in [1.29, 1.82) is 0 Å². The van der Waals surface area contributed by atoms with Gasteiger partial charge in [0.25, 0.3) is 5.91 Å². The van der Waals surface area contributed by atoms with Crippen LogP contribution in [0.3, 0.4) is 0 Å². The third-order valence-corrected chi connectivity index (χ3v) is 20.0. The molecule has 0 saturated carbocycles. The number of amides is 13. The Kier molecular flexibility index (Phi) is 38.3. The van der Waals surface area contributed by atoms with Gasteiger partial charge in [0.2, 0.25) is 70.9 Å². The molecule has 40 heteroatoms. The molecule has 4 aromatic carbocycles. The van der Waals surface area contributed by atoms with Gasteiger partial charge in [-0.25, -0.2) is 4.98 Å². The second-order valence-electron chi connectivity index (χ2n) is 30.0. The van der Waals surface area contributed by atoms with Crippen molar-refractivity contribution in [3.05, 3.63) is 150 Å². The average Bonchev–Trinajstić information content (AvgIpc) is 1.66. The molecule has 6 aromatic rings. The van der Waals surface area contributed by atoms with E-state index in [1.807, 2.05) is 6.92 Å². The number of fused-ring (bicyclic) bond motifs is 1. The Hall–Kier alpha value is -13.2. The minimum atomic E-state index is -1.64. The number of unbranched alkanes of at least 4 members (excludes halogenated alkanes) is 1. The van der Waals surface area contributed by atoms with Crippen LogP contribution in [-0.2, 0) is 97.6 Å². The molecule has 13 amide bonds. The number of H-pyrrole nitrogens is 2. The summed E-state index contributed by atoms with van der Waals surface area (Å²) in [4.78, 5) is 231. The van der Waals surface area contributed by atoms with Gasteiger partial charge in [0, 0.05) is 132 Å². The van der Waals surface area contributed by atoms with E-state index in [1.165, 1.54) is 68.0 Å². The molecule has 0 unspecified atom stereocenters. The summed E-state index contributed by atoms with van der Waals surface area (Å²) in [6, 6.07) is 16.0. The summed E-state index contributed by atoms with van der Waals surface area (Å²) < 4.78 is 0. The second kappa shape index (κ2) is 48.8. The molecule has 2 aromatic heterocycles. The van der Waals surface area contributed by atoms with E-state index in [9.17, 15) is 97.1 Å². The number of primary amides is 2. The van der Waals surface area contributed by atoms with Crippen molar-refractivity contribution >= 4 is 111 Å². The van der Waals surface area contributed by atoms with E-state index < -0.39 is 168 Å². The van der Waals surface area contributed by atoms with Gasteiger partial charge in [0.1, 0.15) is 54.1 Å². The molecule has 1 aliphatic heterocycles. The van der Waals surface area contributed by atoms with E-state index >= 15 is 0 Å². The summed E-state index contributed by atoms with van der Waals surface area (Å²) in [6.07, 6.45) is 4.18. The zero-order chi connectivity index (χ0) is 89.0. The monoisotopic (exact) mass is 1690 g/mol. The number of benzene rings is 4. The van der Waals surface area contributed by atoms with Crippen LogP contribution in [-0.4, -0.2) is 290 Å². The molecule has 122 heavy (non-hydrogen) atoms. The summed E-state index contributed by atoms with van der Waals surface area (Å²) >= 11 is 0. The number of phenols is 1. The quantitative estimate of drug-likeness (QED) is 0.0191. The van der Waals surface area contributed by atoms with Gasteiger partial charge in [-0.2, -0.15) is 0 Å². The molecular formula is C82H110N20O20. The number of aromatic nitrogens is 3. The number of phenolic OH excluding ortho intramolecular Hbond substituents is 1. The van der Waals surface area contributed by atoms with Crippen LogP contribution in [0.25, 0.3) is 10.9 Å². The number of aromatic amines is 2. The number of carbonyl (C=O) groups is 16. The van der Waals surface area contributed by atoms with Gasteiger partial charge >= 0.3 is 17.9 Å². The lowest BCUT2D eigenvalue weighted by atomic mass is 10.0. The number of carboxylic acid groups (broad SMARTS) is 3. The van der Waals surface area contributed by atoms with Crippen molar-refractivity contribution in [2.75, 3.05) is 96.9 Å². The van der Waals surface area contributed by atoms with Crippen LogP contribution in [0.1, 0.15) is 99.0 Å². The second-order valence-corrected chi connectivity index (χ2v) is 30.0. The highest BCUT2D eigenvalue weighted by atomic mass is 16.4. The molecule has 0 radical (unpaired) electrons. The fourth-order valence-electron chi connectivity index (χ4n) is 13.3. The minimum Gasteiger partial charge on any atom is -0.508 e. The van der Waals surface area contributed by atoms with E-state index in [4.69, 9.17) is 11.5 Å². The molecule has 658 valence electrons. The highest BCUT2D eigenvalue weighted by Crippen LogP contribution is 2.21. The van der Waals surface area contributed by atoms with Crippen LogP contribution in [0.2, 0.25) is 0 Å². The highest BCUT2D eigenvalue weighted by Gasteiger charge is 2.36. The number of nitrogens with one attached hydrogen (secondary N) is 13. The topological polar surface area (TPSA) is 596 Å². The number of imidazole rings is 1. The molecule has 7 rings (SSSR count). The Morgan fingerprint density at radius 1 is 0.475 bits per heavy atom. The third-order valence-electron chi connectivity index (χ3n) is 20.0. The lowest BCUT2D eigenvalue weighted by molar-refractivity contribution is -0.140. The zero-order valence-corrected chi connectivity index (χ0v) is 68.4. The van der Waals surface area contributed by atoms with Crippen LogP contribution < -0.4 is 70.0 Å². The van der Waals surface area contributed by atoms with Gasteiger partial charge in [0.05, 0.1) is 44.7 Å². The van der Waals surface area contributed by atoms with Crippen molar-refractivity contribution in [1.82, 2.24) is 87.7 Å². The standard InChI is InChI=1S/C82H110N20O20/c1-5-6-15-60(74(84)114)93-79(119)63(37-51-12-8-7-9-13-51)96-81(121)65(40-56-42-85-48-89-56)92-67(105)27-28-86-82(122)73(49(2)3)98-75(115)50(4)90-78(118)64(39-54-41-87-59-16-11-10-14-58(54)59)97-77(117)61(25-26-66(83)104)94-80(120)62(38-52-17-23-57(103)24-18-52)95-76(116)53-19-21-55(22-20-53)91-68(106)43-88-69(107)44-99-29-31-100(45-70(108)109)33-35-102(47-72(112)113)36-34-101(32-30-99)46-71(110)111/h7-14,16-24,41-42,48-50,60-65,73,87,103H,5-6,15,25-40,43-47H2,1-4H3,(H2,83,104)(H2,84,114)(H,85,89)(H,86,122)(H,88,107)(H,90,118)(H,91,106)(H,92,105)(H,93,119)(H,94,120)(H,95,116)(H,96,121)(H,97,117)(H,98,115)(H,108,109)(H,110,111)(H,112,113)/t50-,60+,61-,62+,63+,64-,65+,73-/m0/s1. The van der Waals surface area contributed by atoms with Crippen molar-refractivity contribution in [2.24, 2.45) is 17.4 Å². The zero-order valence-electron chi connectivity index (χ0n) is 68.4. The summed E-state index contributed by atoms with van der Waals surface area (Å²) in [7, 11) is 0. The van der Waals surface area contributed by atoms with Crippen LogP contribution >= 0.6 is 0 Å². The largest absolute Gasteiger partial charge is 0.508 e. The average molecular weight is 1700 g/mol. The SMILES string of the molecule is CCCC[C@@H](NC(=O)[C@@H](Cc1ccccc1)NC(=O)[C@@H](Cc1c[nH]cn1)NC(=O)CCNC(=O)[C@@H](NC(=O)[C@H](C)NC(=O)[C@H](Cc1c[nH]c2ccccc12)NC(=O)[C@H](CCC(N)=O)NC(=O)[C@@H](Cc1ccc(O)cc1)NC(=O)c1ccc(NC(=O)CNC(=O)CN2CCN(CC(=O)O)CCN(CC(=O)O)CCN(CC(=O)O)CC2)cc1)C(C)C)C(N)=O. The van der Waals surface area contributed by atoms with Crippen LogP contribution in [0.15, 0.2) is 122 Å². The van der Waals surface area contributed by atoms with Crippen LogP contribution in [0, 0.1) is 5.92 Å². The van der Waals surface area contributed by atoms with Gasteiger partial charge in [-0.3, -0.25) is 96.3 Å². The molecule has 0 aliphatic carbocycles. The first-order valence-corrected chi connectivity index (χ1v) is 40.0.